The summed E-state index contributed by atoms with van der Waals surface area (Å²) >= 11 is 0.885. The van der Waals surface area contributed by atoms with Crippen molar-refractivity contribution in [1.29, 1.82) is 0 Å². The number of nitrogens with two attached hydrogens (primary N) is 2. The van der Waals surface area contributed by atoms with E-state index in [1.165, 1.54) is 32.2 Å². The van der Waals surface area contributed by atoms with Crippen LogP contribution >= 0.6 is 11.3 Å². The summed E-state index contributed by atoms with van der Waals surface area (Å²) < 4.78 is 31.2. The summed E-state index contributed by atoms with van der Waals surface area (Å²) in [6.45, 7) is 6.65. The van der Waals surface area contributed by atoms with Crippen LogP contribution in [0.4, 0.5) is 19.5 Å². The van der Waals surface area contributed by atoms with Crippen LogP contribution < -0.4 is 22.1 Å². The third kappa shape index (κ3) is 7.14. The minimum absolute atomic E-state index is 0.00724. The molecule has 0 saturated carbocycles. The zero-order valence-electron chi connectivity index (χ0n) is 21.0. The molecule has 0 aliphatic heterocycles. The largest absolute Gasteiger partial charge is 0.386 e. The van der Waals surface area contributed by atoms with Crippen LogP contribution in [-0.4, -0.2) is 26.7 Å². The highest BCUT2D eigenvalue weighted by Crippen LogP contribution is 2.39. The number of anilines is 2. The van der Waals surface area contributed by atoms with E-state index in [0.717, 1.165) is 23.5 Å². The van der Waals surface area contributed by atoms with Gasteiger partial charge in [-0.1, -0.05) is 18.7 Å². The van der Waals surface area contributed by atoms with Gasteiger partial charge in [-0.05, 0) is 49.3 Å². The van der Waals surface area contributed by atoms with Gasteiger partial charge in [-0.3, -0.25) is 14.3 Å². The van der Waals surface area contributed by atoms with Crippen LogP contribution in [0.3, 0.4) is 0 Å². The van der Waals surface area contributed by atoms with Gasteiger partial charge in [-0.25, -0.2) is 8.78 Å². The second-order valence-electron chi connectivity index (χ2n) is 8.98. The molecule has 7 N–H and O–H groups in total. The van der Waals surface area contributed by atoms with Gasteiger partial charge in [0.25, 0.3) is 5.91 Å². The Labute approximate surface area is 222 Å². The highest BCUT2D eigenvalue weighted by Gasteiger charge is 2.24. The number of allylic oxidation sites excluding steroid dienone is 3. The van der Waals surface area contributed by atoms with E-state index in [1.54, 1.807) is 30.1 Å². The first kappa shape index (κ1) is 28.3. The normalized spacial score (nSPS) is 12.1. The number of carbonyl (C=O) groups excluding carboxylic acids is 2. The zero-order chi connectivity index (χ0) is 28.2. The fraction of sp³-hybridized carbons (Fsp3) is 0.192. The first-order valence-electron chi connectivity index (χ1n) is 11.3. The van der Waals surface area contributed by atoms with Gasteiger partial charge in [-0.15, -0.1) is 11.3 Å². The van der Waals surface area contributed by atoms with Crippen molar-refractivity contribution in [1.82, 2.24) is 9.78 Å². The van der Waals surface area contributed by atoms with E-state index in [0.29, 0.717) is 11.3 Å². The number of nitrogens with zero attached hydrogens (tertiary/aromatic N) is 2. The summed E-state index contributed by atoms with van der Waals surface area (Å²) in [5.74, 6) is -2.79. The topological polar surface area (TPSA) is 148 Å². The first-order chi connectivity index (χ1) is 17.7. The maximum atomic E-state index is 14.8. The SMILES string of the molecule is C=C(/C=C\C=C(/N)Nc1sc(-c2c(F)cc(C(C)(C)O)cc2F)cc1C(N)=O)CC(=O)Nc1cnn(C)c1. The van der Waals surface area contributed by atoms with Gasteiger partial charge in [0.05, 0.1) is 35.0 Å². The number of amides is 2. The number of halogens is 2. The fourth-order valence-corrected chi connectivity index (χ4v) is 4.50. The maximum absolute atomic E-state index is 14.8. The quantitative estimate of drug-likeness (QED) is 0.244. The van der Waals surface area contributed by atoms with Gasteiger partial charge in [-0.2, -0.15) is 5.10 Å². The second-order valence-corrected chi connectivity index (χ2v) is 10.0. The summed E-state index contributed by atoms with van der Waals surface area (Å²) in [5, 5.41) is 19.7. The number of carbonyl (C=O) groups is 2. The van der Waals surface area contributed by atoms with E-state index in [1.807, 2.05) is 0 Å². The molecule has 0 bridgehead atoms. The van der Waals surface area contributed by atoms with Crippen molar-refractivity contribution in [2.75, 3.05) is 10.6 Å². The van der Waals surface area contributed by atoms with Gasteiger partial charge >= 0.3 is 0 Å². The van der Waals surface area contributed by atoms with Crippen molar-refractivity contribution in [3.8, 4) is 10.4 Å². The molecule has 2 amide bonds. The summed E-state index contributed by atoms with van der Waals surface area (Å²) in [6.07, 6.45) is 7.82. The Morgan fingerprint density at radius 2 is 1.87 bits per heavy atom. The number of aromatic nitrogens is 2. The van der Waals surface area contributed by atoms with Crippen molar-refractivity contribution in [3.63, 3.8) is 0 Å². The fourth-order valence-electron chi connectivity index (χ4n) is 3.37. The highest BCUT2D eigenvalue weighted by molar-refractivity contribution is 7.19. The number of rotatable bonds is 10. The van der Waals surface area contributed by atoms with Crippen molar-refractivity contribution in [2.24, 2.45) is 18.5 Å². The lowest BCUT2D eigenvalue weighted by Crippen LogP contribution is -2.16. The third-order valence-corrected chi connectivity index (χ3v) is 6.30. The van der Waals surface area contributed by atoms with Crippen molar-refractivity contribution in [3.05, 3.63) is 89.6 Å². The number of primary amides is 1. The van der Waals surface area contributed by atoms with Gasteiger partial charge in [0.2, 0.25) is 5.91 Å². The molecule has 0 atom stereocenters. The molecule has 3 rings (SSSR count). The van der Waals surface area contributed by atoms with Gasteiger partial charge in [0, 0.05) is 18.1 Å². The van der Waals surface area contributed by atoms with Crippen LogP contribution in [0.15, 0.2) is 66.8 Å². The number of hydrogen-bond donors (Lipinski definition) is 5. The predicted molar refractivity (Wildman–Crippen MR) is 144 cm³/mol. The van der Waals surface area contributed by atoms with Crippen molar-refractivity contribution < 1.29 is 23.5 Å². The lowest BCUT2D eigenvalue weighted by Gasteiger charge is -2.18. The molecular weight excluding hydrogens is 514 g/mol. The Morgan fingerprint density at radius 3 is 2.42 bits per heavy atom. The molecule has 9 nitrogen and oxygen atoms in total. The number of benzene rings is 1. The average molecular weight is 543 g/mol. The molecule has 0 unspecified atom stereocenters. The van der Waals surface area contributed by atoms with Crippen molar-refractivity contribution in [2.45, 2.75) is 25.9 Å². The first-order valence-corrected chi connectivity index (χ1v) is 12.1. The summed E-state index contributed by atoms with van der Waals surface area (Å²) in [4.78, 5) is 24.2. The standard InChI is InChI=1S/C26H28F2N6O3S/c1-14(8-22(35)32-16-12-31-34(4)13-16)6-5-7-21(29)33-25-17(24(30)36)11-20(38-25)23-18(27)9-15(10-19(23)28)26(2,3)37/h5-7,9-13,33,37H,1,8,29H2,2-4H3,(H2,30,36)(H,32,35)/b6-5-,21-7+. The molecule has 2 heterocycles. The van der Waals surface area contributed by atoms with E-state index in [2.05, 4.69) is 22.3 Å². The molecule has 0 aliphatic rings. The smallest absolute Gasteiger partial charge is 0.251 e. The van der Waals surface area contributed by atoms with E-state index in [-0.39, 0.29) is 44.7 Å². The molecule has 1 aromatic carbocycles. The molecule has 0 saturated heterocycles. The molecule has 38 heavy (non-hydrogen) atoms. The summed E-state index contributed by atoms with van der Waals surface area (Å²) in [7, 11) is 1.73. The van der Waals surface area contributed by atoms with E-state index < -0.39 is 23.1 Å². The van der Waals surface area contributed by atoms with Crippen LogP contribution in [0, 0.1) is 11.6 Å². The number of thiophene rings is 1. The van der Waals surface area contributed by atoms with Crippen LogP contribution in [-0.2, 0) is 17.4 Å². The lowest BCUT2D eigenvalue weighted by atomic mass is 9.96. The molecule has 0 fully saturated rings. The predicted octanol–water partition coefficient (Wildman–Crippen LogP) is 4.11. The van der Waals surface area contributed by atoms with Crippen LogP contribution in [0.25, 0.3) is 10.4 Å². The molecule has 3 aromatic rings. The third-order valence-electron chi connectivity index (χ3n) is 5.23. The van der Waals surface area contributed by atoms with Gasteiger partial charge in [0.15, 0.2) is 0 Å². The molecule has 0 spiro atoms. The highest BCUT2D eigenvalue weighted by atomic mass is 32.1. The van der Waals surface area contributed by atoms with E-state index in [9.17, 15) is 23.5 Å². The average Bonchev–Trinajstić information content (AvgIpc) is 3.38. The van der Waals surface area contributed by atoms with Crippen LogP contribution in [0.1, 0.15) is 36.2 Å². The molecule has 0 radical (unpaired) electrons. The van der Waals surface area contributed by atoms with Crippen LogP contribution in [0.2, 0.25) is 0 Å². The monoisotopic (exact) mass is 542 g/mol. The van der Waals surface area contributed by atoms with Gasteiger partial charge < -0.3 is 27.2 Å². The van der Waals surface area contributed by atoms with Crippen molar-refractivity contribution >= 4 is 33.8 Å². The Bertz CT molecular complexity index is 1430. The van der Waals surface area contributed by atoms with Gasteiger partial charge in [0.1, 0.15) is 22.5 Å². The minimum Gasteiger partial charge on any atom is -0.386 e. The maximum Gasteiger partial charge on any atom is 0.251 e. The Kier molecular flexibility index (Phi) is 8.49. The number of aryl methyl sites for hydroxylation is 1. The Hall–Kier alpha value is -4.29. The lowest BCUT2D eigenvalue weighted by molar-refractivity contribution is -0.115. The van der Waals surface area contributed by atoms with E-state index in [4.69, 9.17) is 11.5 Å². The van der Waals surface area contributed by atoms with Crippen LogP contribution in [0.5, 0.6) is 0 Å². The zero-order valence-corrected chi connectivity index (χ0v) is 21.8. The second kappa shape index (κ2) is 11.4. The van der Waals surface area contributed by atoms with E-state index >= 15 is 0 Å². The Balaban J connectivity index is 1.73. The molecule has 2 aromatic heterocycles. The molecule has 12 heteroatoms. The summed E-state index contributed by atoms with van der Waals surface area (Å²) in [5.41, 5.74) is 10.8. The number of nitrogens with one attached hydrogen (secondary N) is 2. The number of hydrogen-bond acceptors (Lipinski definition) is 7. The molecule has 0 aliphatic carbocycles. The Morgan fingerprint density at radius 1 is 1.21 bits per heavy atom. The summed E-state index contributed by atoms with van der Waals surface area (Å²) in [6, 6.07) is 3.35. The minimum atomic E-state index is -1.44. The molecule has 200 valence electrons. The number of aliphatic hydroxyl groups is 1. The molecular formula is C26H28F2N6O3S.